The molecule has 0 fully saturated rings. The maximum Gasteiger partial charge on any atom is 0.261 e. The Labute approximate surface area is 188 Å². The van der Waals surface area contributed by atoms with E-state index in [0.717, 1.165) is 41.1 Å². The molecule has 4 aromatic rings. The monoisotopic (exact) mass is 431 g/mol. The lowest BCUT2D eigenvalue weighted by Gasteiger charge is -2.19. The van der Waals surface area contributed by atoms with Gasteiger partial charge in [-0.25, -0.2) is 4.98 Å². The van der Waals surface area contributed by atoms with Crippen LogP contribution in [0.3, 0.4) is 0 Å². The number of fused-ring (bicyclic) bond motifs is 1. The topological polar surface area (TPSA) is 46.9 Å². The van der Waals surface area contributed by atoms with Crippen molar-refractivity contribution in [3.8, 4) is 0 Å². The molecule has 2 heterocycles. The van der Waals surface area contributed by atoms with Gasteiger partial charge in [0.2, 0.25) is 0 Å². The number of rotatable bonds is 7. The molecule has 0 unspecified atom stereocenters. The van der Waals surface area contributed by atoms with Crippen molar-refractivity contribution in [3.63, 3.8) is 0 Å². The van der Waals surface area contributed by atoms with Gasteiger partial charge >= 0.3 is 0 Å². The summed E-state index contributed by atoms with van der Waals surface area (Å²) < 4.78 is 2.31. The fourth-order valence-electron chi connectivity index (χ4n) is 3.73. The quantitative estimate of drug-likeness (QED) is 0.376. The first kappa shape index (κ1) is 21.3. The smallest absolute Gasteiger partial charge is 0.261 e. The molecule has 0 aliphatic carbocycles. The summed E-state index contributed by atoms with van der Waals surface area (Å²) in [4.78, 5) is 17.8. The third-order valence-electron chi connectivity index (χ3n) is 5.50. The molecule has 0 aliphatic rings. The number of hydrogen-bond acceptors (Lipinski definition) is 3. The third-order valence-corrected chi connectivity index (χ3v) is 6.37. The lowest BCUT2D eigenvalue weighted by molar-refractivity contribution is 0.0957. The minimum absolute atomic E-state index is 0.00226. The van der Waals surface area contributed by atoms with Crippen LogP contribution in [0.4, 0.5) is 0 Å². The van der Waals surface area contributed by atoms with Gasteiger partial charge in [-0.15, -0.1) is 11.3 Å². The van der Waals surface area contributed by atoms with Crippen molar-refractivity contribution in [2.45, 2.75) is 45.6 Å². The van der Waals surface area contributed by atoms with E-state index in [2.05, 4.69) is 73.1 Å². The molecule has 4 rings (SSSR count). The summed E-state index contributed by atoms with van der Waals surface area (Å²) in [6, 6.07) is 20.9. The Bertz CT molecular complexity index is 1150. The third kappa shape index (κ3) is 5.05. The van der Waals surface area contributed by atoms with Gasteiger partial charge in [-0.2, -0.15) is 0 Å². The first-order valence-electron chi connectivity index (χ1n) is 10.8. The molecule has 1 amide bonds. The van der Waals surface area contributed by atoms with E-state index in [1.54, 1.807) is 0 Å². The minimum Gasteiger partial charge on any atom is -0.351 e. The van der Waals surface area contributed by atoms with Crippen molar-refractivity contribution in [2.24, 2.45) is 0 Å². The molecular weight excluding hydrogens is 402 g/mol. The normalized spacial score (nSPS) is 11.7. The second-order valence-electron chi connectivity index (χ2n) is 8.89. The standard InChI is InChI=1S/C26H29N3OS/c1-26(2,3)20-14-12-19(13-15-20)18-29-22-9-5-4-8-21(22)28-24(29)11-6-16-27-25(30)23-10-7-17-31-23/h4-5,7-10,12-15,17H,6,11,16,18H2,1-3H3,(H,27,30). The Hall–Kier alpha value is -2.92. The van der Waals surface area contributed by atoms with Gasteiger partial charge in [0.05, 0.1) is 15.9 Å². The number of nitrogens with one attached hydrogen (secondary N) is 1. The number of thiophene rings is 1. The number of para-hydroxylation sites is 2. The number of aromatic nitrogens is 2. The van der Waals surface area contributed by atoms with Crippen molar-refractivity contribution in [1.29, 1.82) is 0 Å². The van der Waals surface area contributed by atoms with Crippen LogP contribution in [0.2, 0.25) is 0 Å². The molecule has 5 heteroatoms. The van der Waals surface area contributed by atoms with Gasteiger partial charge in [0.1, 0.15) is 5.82 Å². The van der Waals surface area contributed by atoms with Crippen molar-refractivity contribution in [1.82, 2.24) is 14.9 Å². The fourth-order valence-corrected chi connectivity index (χ4v) is 4.37. The fraction of sp³-hybridized carbons (Fsp3) is 0.308. The Balaban J connectivity index is 1.47. The molecule has 0 saturated heterocycles. The van der Waals surface area contributed by atoms with Crippen LogP contribution in [0.1, 0.15) is 53.8 Å². The molecule has 0 atom stereocenters. The number of nitrogens with zero attached hydrogens (tertiary/aromatic N) is 2. The summed E-state index contributed by atoms with van der Waals surface area (Å²) in [7, 11) is 0. The van der Waals surface area contributed by atoms with Crippen LogP contribution in [0, 0.1) is 0 Å². The van der Waals surface area contributed by atoms with Crippen LogP contribution in [0.5, 0.6) is 0 Å². The van der Waals surface area contributed by atoms with Crippen molar-refractivity contribution in [2.75, 3.05) is 6.54 Å². The van der Waals surface area contributed by atoms with Gasteiger partial charge in [-0.3, -0.25) is 4.79 Å². The number of carbonyl (C=O) groups is 1. The summed E-state index contributed by atoms with van der Waals surface area (Å²) in [6.07, 6.45) is 1.67. The van der Waals surface area contributed by atoms with Crippen LogP contribution >= 0.6 is 11.3 Å². The molecule has 0 radical (unpaired) electrons. The zero-order valence-electron chi connectivity index (χ0n) is 18.4. The van der Waals surface area contributed by atoms with E-state index in [9.17, 15) is 4.79 Å². The van der Waals surface area contributed by atoms with E-state index in [4.69, 9.17) is 4.98 Å². The number of aryl methyl sites for hydroxylation is 1. The van der Waals surface area contributed by atoms with Gasteiger partial charge in [0.15, 0.2) is 0 Å². The second kappa shape index (κ2) is 9.06. The van der Waals surface area contributed by atoms with E-state index >= 15 is 0 Å². The van der Waals surface area contributed by atoms with Crippen molar-refractivity contribution in [3.05, 3.63) is 87.9 Å². The Morgan fingerprint density at radius 1 is 1.03 bits per heavy atom. The summed E-state index contributed by atoms with van der Waals surface area (Å²) >= 11 is 1.47. The minimum atomic E-state index is 0.00226. The maximum atomic E-state index is 12.1. The second-order valence-corrected chi connectivity index (χ2v) is 9.83. The van der Waals surface area contributed by atoms with E-state index in [0.29, 0.717) is 6.54 Å². The molecule has 0 saturated carbocycles. The van der Waals surface area contributed by atoms with E-state index < -0.39 is 0 Å². The van der Waals surface area contributed by atoms with Crippen LogP contribution in [-0.4, -0.2) is 22.0 Å². The SMILES string of the molecule is CC(C)(C)c1ccc(Cn2c(CCCNC(=O)c3cccs3)nc3ccccc32)cc1. The Kier molecular flexibility index (Phi) is 6.23. The molecule has 0 bridgehead atoms. The first-order valence-corrected chi connectivity index (χ1v) is 11.6. The number of imidazole rings is 1. The molecule has 2 aromatic carbocycles. The van der Waals surface area contributed by atoms with Crippen LogP contribution in [-0.2, 0) is 18.4 Å². The predicted octanol–water partition coefficient (Wildman–Crippen LogP) is 5.81. The number of benzene rings is 2. The van der Waals surface area contributed by atoms with E-state index in [1.165, 1.54) is 22.5 Å². The average molecular weight is 432 g/mol. The molecule has 160 valence electrons. The van der Waals surface area contributed by atoms with Gasteiger partial charge < -0.3 is 9.88 Å². The highest BCUT2D eigenvalue weighted by Gasteiger charge is 2.14. The van der Waals surface area contributed by atoms with E-state index in [-0.39, 0.29) is 11.3 Å². The van der Waals surface area contributed by atoms with Gasteiger partial charge in [-0.1, -0.05) is 63.2 Å². The van der Waals surface area contributed by atoms with Crippen LogP contribution < -0.4 is 5.32 Å². The summed E-state index contributed by atoms with van der Waals surface area (Å²) in [5.74, 6) is 1.06. The van der Waals surface area contributed by atoms with Gasteiger partial charge in [-0.05, 0) is 46.5 Å². The molecular formula is C26H29N3OS. The zero-order chi connectivity index (χ0) is 21.8. The maximum absolute atomic E-state index is 12.1. The largest absolute Gasteiger partial charge is 0.351 e. The molecule has 1 N–H and O–H groups in total. The lowest BCUT2D eigenvalue weighted by Crippen LogP contribution is -2.24. The molecule has 0 aliphatic heterocycles. The van der Waals surface area contributed by atoms with E-state index in [1.807, 2.05) is 23.6 Å². The first-order chi connectivity index (χ1) is 14.9. The van der Waals surface area contributed by atoms with Gasteiger partial charge in [0, 0.05) is 19.5 Å². The molecule has 0 spiro atoms. The molecule has 4 nitrogen and oxygen atoms in total. The average Bonchev–Trinajstić information content (AvgIpc) is 3.40. The van der Waals surface area contributed by atoms with Crippen molar-refractivity contribution < 1.29 is 4.79 Å². The Morgan fingerprint density at radius 3 is 2.52 bits per heavy atom. The molecule has 2 aromatic heterocycles. The number of hydrogen-bond donors (Lipinski definition) is 1. The number of amides is 1. The van der Waals surface area contributed by atoms with Gasteiger partial charge in [0.25, 0.3) is 5.91 Å². The summed E-state index contributed by atoms with van der Waals surface area (Å²) in [6.45, 7) is 8.14. The van der Waals surface area contributed by atoms with Crippen molar-refractivity contribution >= 4 is 28.3 Å². The molecule has 31 heavy (non-hydrogen) atoms. The summed E-state index contributed by atoms with van der Waals surface area (Å²) in [5.41, 5.74) is 4.93. The highest BCUT2D eigenvalue weighted by molar-refractivity contribution is 7.12. The number of carbonyl (C=O) groups excluding carboxylic acids is 1. The zero-order valence-corrected chi connectivity index (χ0v) is 19.2. The highest BCUT2D eigenvalue weighted by atomic mass is 32.1. The van der Waals surface area contributed by atoms with Crippen LogP contribution in [0.15, 0.2) is 66.0 Å². The van der Waals surface area contributed by atoms with Crippen LogP contribution in [0.25, 0.3) is 11.0 Å². The lowest BCUT2D eigenvalue weighted by atomic mass is 9.87. The predicted molar refractivity (Wildman–Crippen MR) is 129 cm³/mol. The summed E-state index contributed by atoms with van der Waals surface area (Å²) in [5, 5.41) is 4.93. The Morgan fingerprint density at radius 2 is 1.81 bits per heavy atom. The highest BCUT2D eigenvalue weighted by Crippen LogP contribution is 2.24.